The highest BCUT2D eigenvalue weighted by Gasteiger charge is 2.36. The molecule has 0 atom stereocenters. The Bertz CT molecular complexity index is 6980. The van der Waals surface area contributed by atoms with E-state index >= 15 is 0 Å². The molecule has 6 heteroatoms. The number of fused-ring (bicyclic) bond motifs is 12. The van der Waals surface area contributed by atoms with E-state index < -0.39 is 0 Å². The summed E-state index contributed by atoms with van der Waals surface area (Å²) in [6, 6.07) is 162. The van der Waals surface area contributed by atoms with E-state index in [9.17, 15) is 0 Å². The van der Waals surface area contributed by atoms with Gasteiger partial charge in [-0.15, -0.1) is 0 Å². The van der Waals surface area contributed by atoms with Crippen LogP contribution in [0.5, 0.6) is 0 Å². The predicted octanol–water partition coefficient (Wildman–Crippen LogP) is 30.4. The van der Waals surface area contributed by atoms with Crippen LogP contribution in [0.2, 0.25) is 0 Å². The lowest BCUT2D eigenvalue weighted by Gasteiger charge is -2.27. The van der Waals surface area contributed by atoms with Gasteiger partial charge in [-0.1, -0.05) is 275 Å². The largest absolute Gasteiger partial charge is 0.310 e. The zero-order valence-corrected chi connectivity index (χ0v) is 64.9. The van der Waals surface area contributed by atoms with Crippen molar-refractivity contribution in [2.75, 3.05) is 14.7 Å². The van der Waals surface area contributed by atoms with Crippen molar-refractivity contribution in [3.05, 3.63) is 460 Å². The van der Waals surface area contributed by atoms with Crippen molar-refractivity contribution in [3.8, 4) is 61.6 Å². The summed E-state index contributed by atoms with van der Waals surface area (Å²) < 4.78 is 7.10. The predicted molar refractivity (Wildman–Crippen MR) is 494 cm³/mol. The van der Waals surface area contributed by atoms with Crippen LogP contribution in [0.25, 0.3) is 127 Å². The fourth-order valence-corrected chi connectivity index (χ4v) is 18.1. The quantitative estimate of drug-likeness (QED) is 0.102. The average molecular weight is 1500 g/mol. The van der Waals surface area contributed by atoms with E-state index in [0.29, 0.717) is 0 Å². The number of para-hydroxylation sites is 8. The lowest BCUT2D eigenvalue weighted by molar-refractivity contribution is 0.660. The molecule has 18 aromatic carbocycles. The van der Waals surface area contributed by atoms with Crippen LogP contribution in [0.15, 0.2) is 449 Å². The number of rotatable bonds is 15. The Hall–Kier alpha value is -15.2. The Morgan fingerprint density at radius 2 is 0.427 bits per heavy atom. The van der Waals surface area contributed by atoms with Gasteiger partial charge in [0.15, 0.2) is 0 Å². The summed E-state index contributed by atoms with van der Waals surface area (Å²) in [5.41, 5.74) is 33.2. The Morgan fingerprint density at radius 3 is 0.829 bits per heavy atom. The minimum Gasteiger partial charge on any atom is -0.310 e. The highest BCUT2D eigenvalue weighted by Crippen LogP contribution is 2.52. The molecule has 21 aromatic rings. The molecule has 1 aliphatic carbocycles. The Morgan fingerprint density at radius 1 is 0.171 bits per heavy atom. The molecule has 0 fully saturated rings. The SMILES string of the molecule is CC1(C)c2ccccc2-c2cc(N(c3ccc(-c4ccccc4)cc3)c3ccc(-c4ccc5c(c4)c4ccccc4n5-c4ccccc4)cc3)ccc21.c1ccc(N(c2ccc(-c3ccc(N(c4ccccc4)c4ccc5c(c4)c4ccccc4n5-c4ccccc4)cc3)cc2)c2ccc3c(c2)c2ccccc2n3-c2ccccc2)cc1. The third-order valence-electron chi connectivity index (χ3n) is 23.7. The first kappa shape index (κ1) is 69.7. The van der Waals surface area contributed by atoms with Crippen LogP contribution in [0.1, 0.15) is 25.0 Å². The summed E-state index contributed by atoms with van der Waals surface area (Å²) in [6.45, 7) is 4.68. The van der Waals surface area contributed by atoms with Crippen molar-refractivity contribution in [3.63, 3.8) is 0 Å². The standard InChI is InChI=1S/C60H42N4.C51H38N2/c1-5-17-45(18-6-1)61(51-37-39-59-55(41-51)53-25-13-15-27-57(53)63(59)47-21-9-3-10-22-47)49-33-29-43(30-34-49)44-31-35-50(36-32-44)62(46-19-7-2-8-20-46)52-38-40-60-56(42-52)54-26-14-16-28-58(54)64(60)48-23-11-4-12-24-48;1-51(2)47-19-11-9-17-43(47)45-34-42(30-31-48(45)51)52(40-26-21-36(22-27-40)35-13-5-3-6-14-35)41-28-23-37(24-29-41)38-25-32-50-46(33-38)44-18-10-12-20-49(44)53(50)39-15-7-4-8-16-39/h1-42H;3-34H,1-2H3. The number of hydrogen-bond donors (Lipinski definition) is 0. The summed E-state index contributed by atoms with van der Waals surface area (Å²) in [7, 11) is 0. The zero-order valence-electron chi connectivity index (χ0n) is 64.9. The topological polar surface area (TPSA) is 24.5 Å². The van der Waals surface area contributed by atoms with Crippen LogP contribution in [-0.4, -0.2) is 13.7 Å². The molecule has 0 unspecified atom stereocenters. The molecule has 6 nitrogen and oxygen atoms in total. The molecule has 0 saturated carbocycles. The molecule has 0 amide bonds. The van der Waals surface area contributed by atoms with Crippen molar-refractivity contribution in [2.45, 2.75) is 19.3 Å². The Kier molecular flexibility index (Phi) is 17.5. The van der Waals surface area contributed by atoms with E-state index in [1.807, 2.05) is 0 Å². The van der Waals surface area contributed by atoms with Gasteiger partial charge in [0.05, 0.1) is 33.1 Å². The minimum absolute atomic E-state index is 0.0389. The van der Waals surface area contributed by atoms with Crippen molar-refractivity contribution in [1.82, 2.24) is 13.7 Å². The van der Waals surface area contributed by atoms with Gasteiger partial charge in [-0.2, -0.15) is 0 Å². The molecule has 0 saturated heterocycles. The van der Waals surface area contributed by atoms with Gasteiger partial charge in [0.2, 0.25) is 0 Å². The monoisotopic (exact) mass is 1500 g/mol. The van der Waals surface area contributed by atoms with Gasteiger partial charge in [0.25, 0.3) is 0 Å². The molecule has 0 bridgehead atoms. The summed E-state index contributed by atoms with van der Waals surface area (Å²) in [6.07, 6.45) is 0. The molecule has 554 valence electrons. The first-order valence-corrected chi connectivity index (χ1v) is 40.3. The van der Waals surface area contributed by atoms with Crippen LogP contribution in [0.4, 0.5) is 51.2 Å². The summed E-state index contributed by atoms with van der Waals surface area (Å²) >= 11 is 0. The zero-order chi connectivity index (χ0) is 77.9. The maximum atomic E-state index is 2.39. The second kappa shape index (κ2) is 29.4. The van der Waals surface area contributed by atoms with Crippen molar-refractivity contribution < 1.29 is 0 Å². The van der Waals surface area contributed by atoms with E-state index in [1.165, 1.54) is 116 Å². The molecule has 22 rings (SSSR count). The normalized spacial score (nSPS) is 12.1. The lowest BCUT2D eigenvalue weighted by atomic mass is 9.82. The maximum Gasteiger partial charge on any atom is 0.0542 e. The fraction of sp³-hybridized carbons (Fsp3) is 0.0270. The van der Waals surface area contributed by atoms with Crippen molar-refractivity contribution >= 4 is 117 Å². The summed E-state index contributed by atoms with van der Waals surface area (Å²) in [5.74, 6) is 0. The van der Waals surface area contributed by atoms with Crippen LogP contribution in [0.3, 0.4) is 0 Å². The number of benzene rings is 18. The smallest absolute Gasteiger partial charge is 0.0542 e. The fourth-order valence-electron chi connectivity index (χ4n) is 18.1. The minimum atomic E-state index is -0.0389. The van der Waals surface area contributed by atoms with E-state index in [-0.39, 0.29) is 5.41 Å². The molecule has 117 heavy (non-hydrogen) atoms. The van der Waals surface area contributed by atoms with Crippen LogP contribution < -0.4 is 14.7 Å². The number of anilines is 9. The van der Waals surface area contributed by atoms with Crippen LogP contribution >= 0.6 is 0 Å². The first-order valence-electron chi connectivity index (χ1n) is 40.3. The van der Waals surface area contributed by atoms with Gasteiger partial charge in [-0.05, 0) is 244 Å². The molecule has 0 spiro atoms. The lowest BCUT2D eigenvalue weighted by Crippen LogP contribution is -2.15. The second-order valence-electron chi connectivity index (χ2n) is 30.8. The number of aromatic nitrogens is 3. The molecular formula is C111H80N6. The molecule has 3 aromatic heterocycles. The van der Waals surface area contributed by atoms with E-state index in [1.54, 1.807) is 0 Å². The van der Waals surface area contributed by atoms with E-state index in [2.05, 4.69) is 491 Å². The first-order chi connectivity index (χ1) is 57.8. The van der Waals surface area contributed by atoms with Gasteiger partial charge in [0, 0.05) is 106 Å². The number of nitrogens with zero attached hydrogens (tertiary/aromatic N) is 6. The maximum absolute atomic E-state index is 2.39. The highest BCUT2D eigenvalue weighted by molar-refractivity contribution is 6.13. The number of hydrogen-bond acceptors (Lipinski definition) is 3. The molecule has 0 radical (unpaired) electrons. The van der Waals surface area contributed by atoms with E-state index in [0.717, 1.165) is 73.7 Å². The third kappa shape index (κ3) is 12.5. The van der Waals surface area contributed by atoms with Crippen LogP contribution in [-0.2, 0) is 5.41 Å². The van der Waals surface area contributed by atoms with Gasteiger partial charge in [-0.25, -0.2) is 0 Å². The van der Waals surface area contributed by atoms with Gasteiger partial charge in [-0.3, -0.25) is 0 Å². The van der Waals surface area contributed by atoms with E-state index in [4.69, 9.17) is 0 Å². The Labute approximate surface area is 681 Å². The van der Waals surface area contributed by atoms with Gasteiger partial charge in [0.1, 0.15) is 0 Å². The molecule has 0 N–H and O–H groups in total. The van der Waals surface area contributed by atoms with Crippen molar-refractivity contribution in [1.29, 1.82) is 0 Å². The molecule has 0 aliphatic heterocycles. The highest BCUT2D eigenvalue weighted by atomic mass is 15.2. The third-order valence-corrected chi connectivity index (χ3v) is 23.7. The van der Waals surface area contributed by atoms with Crippen molar-refractivity contribution in [2.24, 2.45) is 0 Å². The van der Waals surface area contributed by atoms with Gasteiger partial charge < -0.3 is 28.4 Å². The van der Waals surface area contributed by atoms with Crippen LogP contribution in [0, 0.1) is 0 Å². The Balaban J connectivity index is 0.000000148. The summed E-state index contributed by atoms with van der Waals surface area (Å²) in [4.78, 5) is 7.10. The summed E-state index contributed by atoms with van der Waals surface area (Å²) in [5, 5.41) is 7.42. The van der Waals surface area contributed by atoms with Gasteiger partial charge >= 0.3 is 0 Å². The molecule has 1 aliphatic rings. The second-order valence-corrected chi connectivity index (χ2v) is 30.8. The average Bonchev–Trinajstić information content (AvgIpc) is 1.59. The molecular weight excluding hydrogens is 1420 g/mol. The molecule has 3 heterocycles.